The average Bonchev–Trinajstić information content (AvgIpc) is 3.00. The highest BCUT2D eigenvalue weighted by Crippen LogP contribution is 2.44. The van der Waals surface area contributed by atoms with E-state index in [0.717, 1.165) is 12.3 Å². The topological polar surface area (TPSA) is 72.2 Å². The van der Waals surface area contributed by atoms with E-state index in [1.165, 1.54) is 37.5 Å². The predicted molar refractivity (Wildman–Crippen MR) is 74.8 cm³/mol. The van der Waals surface area contributed by atoms with Gasteiger partial charge in [-0.2, -0.15) is 0 Å². The molecule has 1 amide bonds. The number of nitro groups is 1. The zero-order chi connectivity index (χ0) is 14.3. The summed E-state index contributed by atoms with van der Waals surface area (Å²) in [4.78, 5) is 22.3. The summed E-state index contributed by atoms with van der Waals surface area (Å²) in [5.41, 5.74) is 0.200. The van der Waals surface area contributed by atoms with Crippen molar-refractivity contribution in [1.82, 2.24) is 5.32 Å². The molecule has 3 atom stereocenters. The molecule has 1 aromatic rings. The fourth-order valence-electron chi connectivity index (χ4n) is 3.47. The number of nitro benzene ring substituents is 1. The Labute approximate surface area is 121 Å². The summed E-state index contributed by atoms with van der Waals surface area (Å²) in [6, 6.07) is 4.18. The van der Waals surface area contributed by atoms with Gasteiger partial charge in [-0.1, -0.05) is 18.0 Å². The van der Waals surface area contributed by atoms with Gasteiger partial charge < -0.3 is 5.32 Å². The van der Waals surface area contributed by atoms with E-state index >= 15 is 0 Å². The Hall–Kier alpha value is -1.62. The summed E-state index contributed by atoms with van der Waals surface area (Å²) >= 11 is 5.97. The molecule has 0 aromatic heterocycles. The number of benzene rings is 1. The van der Waals surface area contributed by atoms with Gasteiger partial charge in [0.15, 0.2) is 0 Å². The van der Waals surface area contributed by atoms with Crippen molar-refractivity contribution in [3.05, 3.63) is 38.9 Å². The van der Waals surface area contributed by atoms with Gasteiger partial charge in [0.1, 0.15) is 0 Å². The minimum absolute atomic E-state index is 0.105. The molecule has 0 unspecified atom stereocenters. The summed E-state index contributed by atoms with van der Waals surface area (Å²) in [6.07, 6.45) is 4.71. The smallest absolute Gasteiger partial charge is 0.270 e. The van der Waals surface area contributed by atoms with Crippen molar-refractivity contribution >= 4 is 23.2 Å². The van der Waals surface area contributed by atoms with Crippen molar-refractivity contribution in [3.8, 4) is 0 Å². The van der Waals surface area contributed by atoms with E-state index in [2.05, 4.69) is 5.32 Å². The molecule has 2 bridgehead atoms. The van der Waals surface area contributed by atoms with Gasteiger partial charge in [-0.05, 0) is 37.2 Å². The van der Waals surface area contributed by atoms with Crippen LogP contribution in [0.5, 0.6) is 0 Å². The number of hydrogen-bond donors (Lipinski definition) is 1. The van der Waals surface area contributed by atoms with Crippen LogP contribution in [0.3, 0.4) is 0 Å². The molecule has 2 fully saturated rings. The maximum atomic E-state index is 12.2. The van der Waals surface area contributed by atoms with Crippen molar-refractivity contribution in [2.45, 2.75) is 31.7 Å². The van der Waals surface area contributed by atoms with Gasteiger partial charge in [-0.3, -0.25) is 14.9 Å². The first-order chi connectivity index (χ1) is 9.54. The fourth-order valence-corrected chi connectivity index (χ4v) is 3.73. The third-order valence-electron chi connectivity index (χ3n) is 4.46. The molecule has 106 valence electrons. The minimum Gasteiger partial charge on any atom is -0.349 e. The Kier molecular flexibility index (Phi) is 3.38. The Bertz CT molecular complexity index is 576. The third-order valence-corrected chi connectivity index (χ3v) is 4.78. The highest BCUT2D eigenvalue weighted by Gasteiger charge is 2.40. The van der Waals surface area contributed by atoms with Crippen LogP contribution in [0.4, 0.5) is 5.69 Å². The number of carbonyl (C=O) groups is 1. The summed E-state index contributed by atoms with van der Waals surface area (Å²) in [6.45, 7) is 0. The van der Waals surface area contributed by atoms with Gasteiger partial charge in [-0.25, -0.2) is 0 Å². The van der Waals surface area contributed by atoms with Crippen LogP contribution in [0.25, 0.3) is 0 Å². The van der Waals surface area contributed by atoms with Gasteiger partial charge in [0, 0.05) is 18.2 Å². The van der Waals surface area contributed by atoms with Gasteiger partial charge >= 0.3 is 0 Å². The second-order valence-corrected chi connectivity index (χ2v) is 6.08. The van der Waals surface area contributed by atoms with Gasteiger partial charge in [0.05, 0.1) is 15.5 Å². The molecular weight excluding hydrogens is 280 g/mol. The Morgan fingerprint density at radius 2 is 2.15 bits per heavy atom. The molecule has 0 aliphatic heterocycles. The van der Waals surface area contributed by atoms with E-state index in [0.29, 0.717) is 11.5 Å². The molecule has 1 N–H and O–H groups in total. The highest BCUT2D eigenvalue weighted by atomic mass is 35.5. The quantitative estimate of drug-likeness (QED) is 0.687. The second kappa shape index (κ2) is 5.05. The largest absolute Gasteiger partial charge is 0.349 e. The number of carbonyl (C=O) groups excluding carboxylic acids is 1. The van der Waals surface area contributed by atoms with Crippen LogP contribution in [0.1, 0.15) is 36.0 Å². The number of amides is 1. The summed E-state index contributed by atoms with van der Waals surface area (Å²) < 4.78 is 0. The summed E-state index contributed by atoms with van der Waals surface area (Å²) in [7, 11) is 0. The number of non-ortho nitro benzene ring substituents is 1. The van der Waals surface area contributed by atoms with E-state index in [-0.39, 0.29) is 22.7 Å². The molecule has 0 radical (unpaired) electrons. The number of fused-ring (bicyclic) bond motifs is 2. The first-order valence-electron chi connectivity index (χ1n) is 6.79. The third kappa shape index (κ3) is 2.38. The molecule has 0 saturated heterocycles. The zero-order valence-corrected chi connectivity index (χ0v) is 11.6. The summed E-state index contributed by atoms with van der Waals surface area (Å²) in [5.74, 6) is 1.10. The molecule has 5 nitrogen and oxygen atoms in total. The lowest BCUT2D eigenvalue weighted by Crippen LogP contribution is -2.38. The maximum absolute atomic E-state index is 12.2. The molecule has 2 saturated carbocycles. The van der Waals surface area contributed by atoms with Crippen LogP contribution in [-0.4, -0.2) is 16.9 Å². The predicted octanol–water partition coefficient (Wildman–Crippen LogP) is 3.17. The standard InChI is InChI=1S/C14H15ClN2O3/c15-12-7-10(17(19)20)3-4-11(12)14(18)16-13-6-8-1-2-9(13)5-8/h3-4,7-9,13H,1-2,5-6H2,(H,16,18)/t8-,9+,13+/m1/s1. The van der Waals surface area contributed by atoms with Crippen LogP contribution >= 0.6 is 11.6 Å². The maximum Gasteiger partial charge on any atom is 0.270 e. The Balaban J connectivity index is 1.72. The Morgan fingerprint density at radius 3 is 2.70 bits per heavy atom. The van der Waals surface area contributed by atoms with Crippen molar-refractivity contribution in [2.24, 2.45) is 11.8 Å². The van der Waals surface area contributed by atoms with Gasteiger partial charge in [-0.15, -0.1) is 0 Å². The van der Waals surface area contributed by atoms with Crippen molar-refractivity contribution in [3.63, 3.8) is 0 Å². The molecule has 2 aliphatic carbocycles. The van der Waals surface area contributed by atoms with Gasteiger partial charge in [0.25, 0.3) is 11.6 Å². The molecule has 0 spiro atoms. The van der Waals surface area contributed by atoms with E-state index in [4.69, 9.17) is 11.6 Å². The first kappa shape index (κ1) is 13.4. The molecule has 2 aliphatic rings. The molecule has 1 aromatic carbocycles. The molecular formula is C14H15ClN2O3. The number of halogens is 1. The molecule has 0 heterocycles. The molecule has 6 heteroatoms. The van der Waals surface area contributed by atoms with Crippen LogP contribution in [-0.2, 0) is 0 Å². The van der Waals surface area contributed by atoms with Crippen molar-refractivity contribution in [2.75, 3.05) is 0 Å². The lowest BCUT2D eigenvalue weighted by Gasteiger charge is -2.23. The Morgan fingerprint density at radius 1 is 1.35 bits per heavy atom. The minimum atomic E-state index is -0.524. The molecule has 20 heavy (non-hydrogen) atoms. The lowest BCUT2D eigenvalue weighted by molar-refractivity contribution is -0.384. The van der Waals surface area contributed by atoms with E-state index in [9.17, 15) is 14.9 Å². The van der Waals surface area contributed by atoms with Gasteiger partial charge in [0.2, 0.25) is 0 Å². The number of nitrogens with one attached hydrogen (secondary N) is 1. The van der Waals surface area contributed by atoms with E-state index < -0.39 is 4.92 Å². The van der Waals surface area contributed by atoms with Crippen LogP contribution < -0.4 is 5.32 Å². The van der Waals surface area contributed by atoms with E-state index in [1.54, 1.807) is 0 Å². The van der Waals surface area contributed by atoms with Crippen molar-refractivity contribution in [1.29, 1.82) is 0 Å². The van der Waals surface area contributed by atoms with Crippen LogP contribution in [0, 0.1) is 22.0 Å². The number of rotatable bonds is 3. The zero-order valence-electron chi connectivity index (χ0n) is 10.8. The van der Waals surface area contributed by atoms with Crippen molar-refractivity contribution < 1.29 is 9.72 Å². The van der Waals surface area contributed by atoms with E-state index in [1.807, 2.05) is 0 Å². The number of nitrogens with zero attached hydrogens (tertiary/aromatic N) is 1. The summed E-state index contributed by atoms with van der Waals surface area (Å²) in [5, 5.41) is 13.8. The SMILES string of the molecule is O=C(N[C@H]1C[C@@H]2CC[C@H]1C2)c1ccc([N+](=O)[O-])cc1Cl. The average molecular weight is 295 g/mol. The lowest BCUT2D eigenvalue weighted by atomic mass is 9.95. The number of hydrogen-bond acceptors (Lipinski definition) is 3. The molecule has 3 rings (SSSR count). The fraction of sp³-hybridized carbons (Fsp3) is 0.500. The highest BCUT2D eigenvalue weighted by molar-refractivity contribution is 6.34. The monoisotopic (exact) mass is 294 g/mol. The first-order valence-corrected chi connectivity index (χ1v) is 7.17. The normalized spacial score (nSPS) is 27.6. The van der Waals surface area contributed by atoms with Crippen LogP contribution in [0.2, 0.25) is 5.02 Å². The van der Waals surface area contributed by atoms with Crippen LogP contribution in [0.15, 0.2) is 18.2 Å². The second-order valence-electron chi connectivity index (χ2n) is 5.68.